The van der Waals surface area contributed by atoms with E-state index in [-0.39, 0.29) is 17.4 Å². The lowest BCUT2D eigenvalue weighted by atomic mass is 9.93. The summed E-state index contributed by atoms with van der Waals surface area (Å²) in [7, 11) is 3.16. The fourth-order valence-electron chi connectivity index (χ4n) is 4.02. The summed E-state index contributed by atoms with van der Waals surface area (Å²) in [6.45, 7) is 6.08. The van der Waals surface area contributed by atoms with Gasteiger partial charge in [-0.2, -0.15) is 0 Å². The molecule has 0 bridgehead atoms. The summed E-state index contributed by atoms with van der Waals surface area (Å²) in [5.41, 5.74) is 0.0187. The molecule has 1 fully saturated rings. The smallest absolute Gasteiger partial charge is 0.240 e. The Hall–Kier alpha value is -3.81. The van der Waals surface area contributed by atoms with Crippen molar-refractivity contribution in [1.29, 1.82) is 0 Å². The van der Waals surface area contributed by atoms with Crippen molar-refractivity contribution >= 4 is 28.4 Å². The van der Waals surface area contributed by atoms with E-state index in [1.165, 1.54) is 0 Å². The Balaban J connectivity index is 1.46. The molecular weight excluding hydrogens is 458 g/mol. The zero-order chi connectivity index (χ0) is 25.9. The van der Waals surface area contributed by atoms with E-state index in [1.807, 2.05) is 26.8 Å². The van der Waals surface area contributed by atoms with Crippen LogP contribution >= 0.6 is 0 Å². The first-order valence-electron chi connectivity index (χ1n) is 12.2. The predicted molar refractivity (Wildman–Crippen MR) is 139 cm³/mol. The van der Waals surface area contributed by atoms with Gasteiger partial charge in [-0.15, -0.1) is 0 Å². The Kier molecular flexibility index (Phi) is 7.06. The number of pyridine rings is 1. The number of carbonyl (C=O) groups is 2. The zero-order valence-electron chi connectivity index (χ0n) is 21.4. The van der Waals surface area contributed by atoms with Crippen LogP contribution in [0.5, 0.6) is 23.0 Å². The van der Waals surface area contributed by atoms with Gasteiger partial charge in [-0.1, -0.05) is 13.8 Å². The summed E-state index contributed by atoms with van der Waals surface area (Å²) < 4.78 is 16.9. The van der Waals surface area contributed by atoms with Crippen LogP contribution in [0.2, 0.25) is 0 Å². The van der Waals surface area contributed by atoms with Crippen molar-refractivity contribution in [3.05, 3.63) is 48.7 Å². The van der Waals surface area contributed by atoms with Gasteiger partial charge in [0.25, 0.3) is 0 Å². The van der Waals surface area contributed by atoms with Gasteiger partial charge in [0.2, 0.25) is 11.8 Å². The number of ether oxygens (including phenoxy) is 3. The molecule has 4 rings (SSSR count). The second-order valence-electron chi connectivity index (χ2n) is 9.42. The molecular formula is C28H33N3O5. The number of rotatable bonds is 10. The monoisotopic (exact) mass is 491 g/mol. The molecule has 0 atom stereocenters. The van der Waals surface area contributed by atoms with E-state index < -0.39 is 5.41 Å². The number of fused-ring (bicyclic) bond motifs is 1. The SMILES string of the molecule is CCC(C)(CC)NC(=O)C1(C(=O)Nc2ccc(Oc3ccnc4cc(OC)c(OC)cc34)cc2)CC1. The molecule has 0 radical (unpaired) electrons. The number of aromatic nitrogens is 1. The van der Waals surface area contributed by atoms with Crippen molar-refractivity contribution in [3.8, 4) is 23.0 Å². The Morgan fingerprint density at radius 1 is 0.944 bits per heavy atom. The van der Waals surface area contributed by atoms with Gasteiger partial charge in [0.05, 0.1) is 19.7 Å². The molecule has 1 heterocycles. The van der Waals surface area contributed by atoms with Gasteiger partial charge >= 0.3 is 0 Å². The van der Waals surface area contributed by atoms with Gasteiger partial charge in [0.1, 0.15) is 16.9 Å². The maximum absolute atomic E-state index is 13.0. The molecule has 8 nitrogen and oxygen atoms in total. The Bertz CT molecular complexity index is 1260. The number of anilines is 1. The van der Waals surface area contributed by atoms with E-state index >= 15 is 0 Å². The van der Waals surface area contributed by atoms with E-state index in [1.54, 1.807) is 56.8 Å². The van der Waals surface area contributed by atoms with Gasteiger partial charge in [-0.05, 0) is 69.0 Å². The van der Waals surface area contributed by atoms with Crippen LogP contribution in [-0.4, -0.2) is 36.6 Å². The van der Waals surface area contributed by atoms with Crippen LogP contribution in [0.3, 0.4) is 0 Å². The fourth-order valence-corrected chi connectivity index (χ4v) is 4.02. The molecule has 190 valence electrons. The number of nitrogens with zero attached hydrogens (tertiary/aromatic N) is 1. The average molecular weight is 492 g/mol. The van der Waals surface area contributed by atoms with Gasteiger partial charge in [0.15, 0.2) is 11.5 Å². The molecule has 36 heavy (non-hydrogen) atoms. The van der Waals surface area contributed by atoms with Gasteiger partial charge in [-0.3, -0.25) is 14.6 Å². The normalized spacial score (nSPS) is 14.1. The summed E-state index contributed by atoms with van der Waals surface area (Å²) in [5.74, 6) is 1.91. The molecule has 0 aliphatic heterocycles. The van der Waals surface area contributed by atoms with E-state index in [4.69, 9.17) is 14.2 Å². The molecule has 0 spiro atoms. The van der Waals surface area contributed by atoms with Crippen LogP contribution in [0.15, 0.2) is 48.7 Å². The number of nitrogens with one attached hydrogen (secondary N) is 2. The number of carbonyl (C=O) groups excluding carboxylic acids is 2. The second-order valence-corrected chi connectivity index (χ2v) is 9.42. The molecule has 8 heteroatoms. The van der Waals surface area contributed by atoms with Crippen LogP contribution in [0.25, 0.3) is 10.9 Å². The molecule has 2 N–H and O–H groups in total. The van der Waals surface area contributed by atoms with Crippen LogP contribution in [0.4, 0.5) is 5.69 Å². The summed E-state index contributed by atoms with van der Waals surface area (Å²) in [6, 6.07) is 12.5. The molecule has 0 unspecified atom stereocenters. The first-order chi connectivity index (χ1) is 17.3. The van der Waals surface area contributed by atoms with Gasteiger partial charge in [-0.25, -0.2) is 0 Å². The van der Waals surface area contributed by atoms with E-state index in [0.29, 0.717) is 47.0 Å². The Morgan fingerprint density at radius 2 is 1.58 bits per heavy atom. The summed E-state index contributed by atoms with van der Waals surface area (Å²) in [4.78, 5) is 30.3. The molecule has 0 saturated heterocycles. The number of benzene rings is 2. The van der Waals surface area contributed by atoms with Crippen LogP contribution in [-0.2, 0) is 9.59 Å². The Morgan fingerprint density at radius 3 is 2.17 bits per heavy atom. The molecule has 2 aromatic carbocycles. The lowest BCUT2D eigenvalue weighted by Crippen LogP contribution is -2.50. The third kappa shape index (κ3) is 4.94. The number of hydrogen-bond donors (Lipinski definition) is 2. The summed E-state index contributed by atoms with van der Waals surface area (Å²) in [5, 5.41) is 6.77. The van der Waals surface area contributed by atoms with Crippen LogP contribution < -0.4 is 24.8 Å². The highest BCUT2D eigenvalue weighted by Gasteiger charge is 2.57. The largest absolute Gasteiger partial charge is 0.493 e. The molecule has 1 aromatic heterocycles. The lowest BCUT2D eigenvalue weighted by Gasteiger charge is -2.30. The first kappa shape index (κ1) is 25.3. The molecule has 3 aromatic rings. The topological polar surface area (TPSA) is 98.8 Å². The van der Waals surface area contributed by atoms with Crippen molar-refractivity contribution in [2.75, 3.05) is 19.5 Å². The lowest BCUT2D eigenvalue weighted by molar-refractivity contribution is -0.135. The Labute approximate surface area is 211 Å². The summed E-state index contributed by atoms with van der Waals surface area (Å²) in [6.07, 6.45) is 4.39. The molecule has 2 amide bonds. The number of amides is 2. The zero-order valence-corrected chi connectivity index (χ0v) is 21.4. The summed E-state index contributed by atoms with van der Waals surface area (Å²) >= 11 is 0. The number of methoxy groups -OCH3 is 2. The minimum Gasteiger partial charge on any atom is -0.493 e. The minimum atomic E-state index is -0.989. The number of hydrogen-bond acceptors (Lipinski definition) is 6. The van der Waals surface area contributed by atoms with Crippen LogP contribution in [0.1, 0.15) is 46.5 Å². The fraction of sp³-hybridized carbons (Fsp3) is 0.393. The van der Waals surface area contributed by atoms with Crippen LogP contribution in [0, 0.1) is 5.41 Å². The second kappa shape index (κ2) is 10.0. The van der Waals surface area contributed by atoms with Crippen molar-refractivity contribution < 1.29 is 23.8 Å². The van der Waals surface area contributed by atoms with Crippen molar-refractivity contribution in [2.24, 2.45) is 5.41 Å². The van der Waals surface area contributed by atoms with Crippen molar-refractivity contribution in [3.63, 3.8) is 0 Å². The highest BCUT2D eigenvalue weighted by molar-refractivity contribution is 6.13. The third-order valence-electron chi connectivity index (χ3n) is 7.14. The first-order valence-corrected chi connectivity index (χ1v) is 12.2. The van der Waals surface area contributed by atoms with Gasteiger partial charge in [0, 0.05) is 28.9 Å². The van der Waals surface area contributed by atoms with E-state index in [9.17, 15) is 9.59 Å². The highest BCUT2D eigenvalue weighted by Crippen LogP contribution is 2.47. The molecule has 1 saturated carbocycles. The molecule has 1 aliphatic rings. The average Bonchev–Trinajstić information content (AvgIpc) is 3.71. The van der Waals surface area contributed by atoms with Crippen molar-refractivity contribution in [2.45, 2.75) is 52.0 Å². The molecule has 1 aliphatic carbocycles. The highest BCUT2D eigenvalue weighted by atomic mass is 16.5. The maximum atomic E-state index is 13.0. The minimum absolute atomic E-state index is 0.192. The standard InChI is InChI=1S/C28H33N3O5/c1-6-27(3,7-2)31-26(33)28(13-14-28)25(32)30-18-8-10-19(11-9-18)36-22-12-15-29-21-17-24(35-5)23(34-4)16-20(21)22/h8-12,15-17H,6-7,13-14H2,1-5H3,(H,30,32)(H,31,33). The van der Waals surface area contributed by atoms with Crippen molar-refractivity contribution in [1.82, 2.24) is 10.3 Å². The third-order valence-corrected chi connectivity index (χ3v) is 7.14. The maximum Gasteiger partial charge on any atom is 0.240 e. The van der Waals surface area contributed by atoms with E-state index in [2.05, 4.69) is 15.6 Å². The van der Waals surface area contributed by atoms with Gasteiger partial charge < -0.3 is 24.8 Å². The van der Waals surface area contributed by atoms with E-state index in [0.717, 1.165) is 18.2 Å². The quantitative estimate of drug-likeness (QED) is 0.366. The predicted octanol–water partition coefficient (Wildman–Crippen LogP) is 5.46.